The van der Waals surface area contributed by atoms with Gasteiger partial charge in [0.2, 0.25) is 5.82 Å². The van der Waals surface area contributed by atoms with Crippen molar-refractivity contribution in [3.05, 3.63) is 40.8 Å². The number of anilines is 1. The normalized spacial score (nSPS) is 14.9. The number of nitriles is 1. The summed E-state index contributed by atoms with van der Waals surface area (Å²) in [6.07, 6.45) is 4.68. The number of hydrogen-bond donors (Lipinski definition) is 2. The first-order valence-electron chi connectivity index (χ1n) is 7.88. The Labute approximate surface area is 149 Å². The highest BCUT2D eigenvalue weighted by atomic mass is 35.5. The number of nitrogens with one attached hydrogen (secondary N) is 2. The zero-order valence-electron chi connectivity index (χ0n) is 13.4. The molecular formula is C16H16ClN7O. The van der Waals surface area contributed by atoms with Gasteiger partial charge < -0.3 is 10.2 Å². The second-order valence-electron chi connectivity index (χ2n) is 5.60. The molecule has 8 nitrogen and oxygen atoms in total. The van der Waals surface area contributed by atoms with Crippen LogP contribution in [0.4, 0.5) is 5.69 Å². The first-order valence-corrected chi connectivity index (χ1v) is 8.26. The molecule has 1 aliphatic rings. The molecule has 1 fully saturated rings. The molecule has 25 heavy (non-hydrogen) atoms. The van der Waals surface area contributed by atoms with Gasteiger partial charge >= 0.3 is 0 Å². The number of halogens is 1. The van der Waals surface area contributed by atoms with E-state index >= 15 is 0 Å². The molecule has 0 bridgehead atoms. The number of H-pyrrole nitrogens is 1. The second kappa shape index (κ2) is 7.77. The van der Waals surface area contributed by atoms with Crippen molar-refractivity contribution in [1.82, 2.24) is 25.5 Å². The van der Waals surface area contributed by atoms with Crippen molar-refractivity contribution in [2.75, 3.05) is 18.4 Å². The van der Waals surface area contributed by atoms with E-state index in [1.165, 1.54) is 6.20 Å². The van der Waals surface area contributed by atoms with Crippen LogP contribution in [0.15, 0.2) is 24.4 Å². The molecule has 0 atom stereocenters. The summed E-state index contributed by atoms with van der Waals surface area (Å²) in [6, 6.07) is 7.07. The SMILES string of the molecule is N#CC(=CNc1ccc(C(=O)N2CCCCC2)c(Cl)c1)c1nn[nH]n1. The van der Waals surface area contributed by atoms with Gasteiger partial charge in [0.25, 0.3) is 5.91 Å². The lowest BCUT2D eigenvalue weighted by Gasteiger charge is -2.27. The largest absolute Gasteiger partial charge is 0.360 e. The van der Waals surface area contributed by atoms with E-state index in [1.807, 2.05) is 11.0 Å². The summed E-state index contributed by atoms with van der Waals surface area (Å²) < 4.78 is 0. The van der Waals surface area contributed by atoms with E-state index in [-0.39, 0.29) is 17.3 Å². The molecular weight excluding hydrogens is 342 g/mol. The molecule has 2 heterocycles. The third kappa shape index (κ3) is 3.95. The van der Waals surface area contributed by atoms with E-state index in [0.717, 1.165) is 32.4 Å². The maximum Gasteiger partial charge on any atom is 0.255 e. The fraction of sp³-hybridized carbons (Fsp3) is 0.312. The summed E-state index contributed by atoms with van der Waals surface area (Å²) in [4.78, 5) is 14.4. The Morgan fingerprint density at radius 1 is 1.36 bits per heavy atom. The number of nitrogens with zero attached hydrogens (tertiary/aromatic N) is 5. The van der Waals surface area contributed by atoms with Crippen LogP contribution in [-0.4, -0.2) is 44.5 Å². The maximum atomic E-state index is 12.5. The lowest BCUT2D eigenvalue weighted by Crippen LogP contribution is -2.35. The third-order valence-corrected chi connectivity index (χ3v) is 4.25. The predicted octanol–water partition coefficient (Wildman–Crippen LogP) is 2.46. The molecule has 2 N–H and O–H groups in total. The first-order chi connectivity index (χ1) is 12.2. The van der Waals surface area contributed by atoms with E-state index in [1.54, 1.807) is 18.2 Å². The van der Waals surface area contributed by atoms with Gasteiger partial charge in [-0.15, -0.1) is 10.2 Å². The molecule has 0 aliphatic carbocycles. The number of aromatic amines is 1. The predicted molar refractivity (Wildman–Crippen MR) is 92.6 cm³/mol. The van der Waals surface area contributed by atoms with Gasteiger partial charge in [-0.2, -0.15) is 10.5 Å². The van der Waals surface area contributed by atoms with Gasteiger partial charge in [-0.25, -0.2) is 0 Å². The van der Waals surface area contributed by atoms with Crippen LogP contribution in [0.1, 0.15) is 35.4 Å². The lowest BCUT2D eigenvalue weighted by atomic mass is 10.1. The minimum absolute atomic E-state index is 0.0451. The van der Waals surface area contributed by atoms with E-state index in [4.69, 9.17) is 16.9 Å². The molecule has 0 radical (unpaired) electrons. The molecule has 0 unspecified atom stereocenters. The first kappa shape index (κ1) is 16.9. The topological polar surface area (TPSA) is 111 Å². The smallest absolute Gasteiger partial charge is 0.255 e. The van der Waals surface area contributed by atoms with E-state index in [2.05, 4.69) is 25.9 Å². The fourth-order valence-electron chi connectivity index (χ4n) is 2.62. The van der Waals surface area contributed by atoms with E-state index in [9.17, 15) is 4.79 Å². The van der Waals surface area contributed by atoms with Crippen LogP contribution in [0.25, 0.3) is 5.57 Å². The molecule has 1 saturated heterocycles. The summed E-state index contributed by atoms with van der Waals surface area (Å²) >= 11 is 6.28. The fourth-order valence-corrected chi connectivity index (χ4v) is 2.89. The van der Waals surface area contributed by atoms with Crippen LogP contribution in [-0.2, 0) is 0 Å². The molecule has 9 heteroatoms. The number of tetrazole rings is 1. The average Bonchev–Trinajstić information content (AvgIpc) is 3.17. The number of allylic oxidation sites excluding steroid dienone is 1. The molecule has 1 aromatic heterocycles. The minimum atomic E-state index is -0.0451. The van der Waals surface area contributed by atoms with E-state index in [0.29, 0.717) is 16.3 Å². The second-order valence-corrected chi connectivity index (χ2v) is 6.00. The highest BCUT2D eigenvalue weighted by Crippen LogP contribution is 2.24. The molecule has 1 aromatic carbocycles. The Balaban J connectivity index is 1.73. The van der Waals surface area contributed by atoms with Gasteiger partial charge in [0.1, 0.15) is 11.6 Å². The summed E-state index contributed by atoms with van der Waals surface area (Å²) in [6.45, 7) is 1.54. The van der Waals surface area contributed by atoms with Crippen molar-refractivity contribution < 1.29 is 4.79 Å². The number of aromatic nitrogens is 4. The van der Waals surface area contributed by atoms with Crippen LogP contribution in [0.5, 0.6) is 0 Å². The van der Waals surface area contributed by atoms with Gasteiger partial charge in [0, 0.05) is 25.0 Å². The molecule has 3 rings (SSSR count). The van der Waals surface area contributed by atoms with Gasteiger partial charge in [0.05, 0.1) is 10.6 Å². The number of hydrogen-bond acceptors (Lipinski definition) is 6. The zero-order valence-corrected chi connectivity index (χ0v) is 14.1. The summed E-state index contributed by atoms with van der Waals surface area (Å²) in [5.74, 6) is 0.147. The van der Waals surface area contributed by atoms with Crippen LogP contribution >= 0.6 is 11.6 Å². The number of carbonyl (C=O) groups is 1. The quantitative estimate of drug-likeness (QED) is 0.813. The van der Waals surface area contributed by atoms with Crippen LogP contribution < -0.4 is 5.32 Å². The van der Waals surface area contributed by atoms with Crippen molar-refractivity contribution in [1.29, 1.82) is 5.26 Å². The monoisotopic (exact) mass is 357 g/mol. The number of rotatable bonds is 4. The maximum absolute atomic E-state index is 12.5. The van der Waals surface area contributed by atoms with Crippen molar-refractivity contribution in [2.45, 2.75) is 19.3 Å². The molecule has 1 aliphatic heterocycles. The molecule has 1 amide bonds. The molecule has 2 aromatic rings. The third-order valence-electron chi connectivity index (χ3n) is 3.93. The van der Waals surface area contributed by atoms with Gasteiger partial charge in [-0.1, -0.05) is 11.6 Å². The van der Waals surface area contributed by atoms with Crippen LogP contribution in [0.3, 0.4) is 0 Å². The van der Waals surface area contributed by atoms with Gasteiger partial charge in [0.15, 0.2) is 0 Å². The Hall–Kier alpha value is -2.92. The van der Waals surface area contributed by atoms with Crippen molar-refractivity contribution in [3.63, 3.8) is 0 Å². The molecule has 0 spiro atoms. The number of piperidine rings is 1. The molecule has 0 saturated carbocycles. The van der Waals surface area contributed by atoms with Crippen molar-refractivity contribution in [3.8, 4) is 6.07 Å². The van der Waals surface area contributed by atoms with Crippen molar-refractivity contribution in [2.24, 2.45) is 0 Å². The Morgan fingerprint density at radius 2 is 2.16 bits per heavy atom. The standard InChI is InChI=1S/C16H16ClN7O/c17-14-8-12(19-10-11(9-18)15-20-22-23-21-15)4-5-13(14)16(25)24-6-2-1-3-7-24/h4-5,8,10,19H,1-3,6-7H2,(H,20,21,22,23). The van der Waals surface area contributed by atoms with Gasteiger partial charge in [-0.05, 0) is 42.7 Å². The van der Waals surface area contributed by atoms with Crippen LogP contribution in [0, 0.1) is 11.3 Å². The Kier molecular flexibility index (Phi) is 5.26. The number of carbonyl (C=O) groups excluding carboxylic acids is 1. The van der Waals surface area contributed by atoms with Crippen molar-refractivity contribution >= 4 is 28.8 Å². The number of likely N-dealkylation sites (tertiary alicyclic amines) is 1. The van der Waals surface area contributed by atoms with Gasteiger partial charge in [-0.3, -0.25) is 4.79 Å². The Morgan fingerprint density at radius 3 is 2.80 bits per heavy atom. The zero-order chi connectivity index (χ0) is 17.6. The summed E-state index contributed by atoms with van der Waals surface area (Å²) in [5.41, 5.74) is 1.35. The summed E-state index contributed by atoms with van der Waals surface area (Å²) in [7, 11) is 0. The minimum Gasteiger partial charge on any atom is -0.360 e. The average molecular weight is 358 g/mol. The van der Waals surface area contributed by atoms with Crippen LogP contribution in [0.2, 0.25) is 5.02 Å². The summed E-state index contributed by atoms with van der Waals surface area (Å²) in [5, 5.41) is 25.7. The highest BCUT2D eigenvalue weighted by Gasteiger charge is 2.20. The van der Waals surface area contributed by atoms with E-state index < -0.39 is 0 Å². The number of benzene rings is 1. The lowest BCUT2D eigenvalue weighted by molar-refractivity contribution is 0.0724. The number of amides is 1. The Bertz CT molecular complexity index is 820. The highest BCUT2D eigenvalue weighted by molar-refractivity contribution is 6.34. The molecule has 128 valence electrons.